The smallest absolute Gasteiger partial charge is 0.173 e. The van der Waals surface area contributed by atoms with E-state index in [0.717, 1.165) is 30.5 Å². The van der Waals surface area contributed by atoms with Crippen molar-refractivity contribution in [1.82, 2.24) is 0 Å². The number of allylic oxidation sites excluding steroid dienone is 1. The first-order valence-electron chi connectivity index (χ1n) is 9.81. The normalized spacial score (nSPS) is 27.8. The molecule has 4 atom stereocenters. The predicted molar refractivity (Wildman–Crippen MR) is 106 cm³/mol. The molecular weight excluding hydrogens is 398 g/mol. The molecular formula is C23H19ClF2O3. The highest BCUT2D eigenvalue weighted by Crippen LogP contribution is 2.54. The molecule has 6 heteroatoms. The van der Waals surface area contributed by atoms with E-state index in [4.69, 9.17) is 16.3 Å². The monoisotopic (exact) mass is 416 g/mol. The third kappa shape index (κ3) is 2.67. The van der Waals surface area contributed by atoms with Crippen LogP contribution in [0.3, 0.4) is 0 Å². The number of aliphatic hydroxyl groups is 1. The van der Waals surface area contributed by atoms with Crippen LogP contribution in [0.2, 0.25) is 5.02 Å². The Bertz CT molecular complexity index is 1050. The van der Waals surface area contributed by atoms with Crippen molar-refractivity contribution in [2.45, 2.75) is 38.4 Å². The number of benzene rings is 2. The number of aryl methyl sites for hydroxylation is 1. The first-order valence-corrected chi connectivity index (χ1v) is 10.2. The lowest BCUT2D eigenvalue weighted by Gasteiger charge is -2.19. The maximum absolute atomic E-state index is 14.5. The van der Waals surface area contributed by atoms with Crippen LogP contribution in [-0.4, -0.2) is 23.1 Å². The number of ether oxygens (including phenoxy) is 1. The number of fused-ring (bicyclic) bond motifs is 5. The second-order valence-corrected chi connectivity index (χ2v) is 8.37. The Kier molecular flexibility index (Phi) is 4.30. The van der Waals surface area contributed by atoms with Gasteiger partial charge in [0, 0.05) is 5.02 Å². The van der Waals surface area contributed by atoms with E-state index in [1.165, 1.54) is 0 Å². The largest absolute Gasteiger partial charge is 0.511 e. The average molecular weight is 417 g/mol. The van der Waals surface area contributed by atoms with Crippen molar-refractivity contribution in [3.05, 3.63) is 63.9 Å². The minimum absolute atomic E-state index is 0.0243. The summed E-state index contributed by atoms with van der Waals surface area (Å²) < 4.78 is 34.8. The number of rotatable bonds is 3. The molecule has 0 saturated carbocycles. The Balaban J connectivity index is 1.66. The summed E-state index contributed by atoms with van der Waals surface area (Å²) in [6, 6.07) is 7.10. The van der Waals surface area contributed by atoms with Crippen molar-refractivity contribution >= 4 is 23.0 Å². The number of Topliss-reactive ketones (excluding diaryl/α,β-unsaturated/α-hetero) is 1. The van der Waals surface area contributed by atoms with Crippen molar-refractivity contribution < 1.29 is 23.4 Å². The molecule has 29 heavy (non-hydrogen) atoms. The van der Waals surface area contributed by atoms with Gasteiger partial charge in [0.2, 0.25) is 0 Å². The fraction of sp³-hybridized carbons (Fsp3) is 0.348. The van der Waals surface area contributed by atoms with Crippen LogP contribution in [0.1, 0.15) is 30.9 Å². The van der Waals surface area contributed by atoms with Crippen LogP contribution in [0.4, 0.5) is 8.78 Å². The van der Waals surface area contributed by atoms with Gasteiger partial charge in [-0.15, -0.1) is 0 Å². The molecule has 150 valence electrons. The molecule has 2 unspecified atom stereocenters. The highest BCUT2D eigenvalue weighted by Gasteiger charge is 2.59. The van der Waals surface area contributed by atoms with E-state index in [1.807, 2.05) is 6.92 Å². The summed E-state index contributed by atoms with van der Waals surface area (Å²) >= 11 is 5.74. The van der Waals surface area contributed by atoms with Gasteiger partial charge in [0.15, 0.2) is 5.78 Å². The second kappa shape index (κ2) is 6.64. The van der Waals surface area contributed by atoms with Gasteiger partial charge in [0.25, 0.3) is 0 Å². The highest BCUT2D eigenvalue weighted by atomic mass is 35.5. The summed E-state index contributed by atoms with van der Waals surface area (Å²) in [7, 11) is 0. The van der Waals surface area contributed by atoms with Gasteiger partial charge in [-0.2, -0.15) is 0 Å². The number of carbonyl (C=O) groups excluding carboxylic acids is 1. The molecule has 2 saturated heterocycles. The Morgan fingerprint density at radius 1 is 1.10 bits per heavy atom. The van der Waals surface area contributed by atoms with E-state index >= 15 is 0 Å². The lowest BCUT2D eigenvalue weighted by molar-refractivity contribution is -0.118. The van der Waals surface area contributed by atoms with Gasteiger partial charge >= 0.3 is 0 Å². The Morgan fingerprint density at radius 3 is 2.38 bits per heavy atom. The predicted octanol–water partition coefficient (Wildman–Crippen LogP) is 5.49. The van der Waals surface area contributed by atoms with Gasteiger partial charge in [-0.3, -0.25) is 4.79 Å². The van der Waals surface area contributed by atoms with Gasteiger partial charge < -0.3 is 9.84 Å². The standard InChI is InChI=1S/C23H19ClF2O3/c1-2-10-3-4-11(18-14(25)8-12(24)9-15(18)26)7-13(10)19-22(27)20-16-5-6-17(29-16)21(20)23(19)28/h3-4,7-9,16-17,20-21,27H,2,5-6H2,1H3/t16?,17?,20-,21+/m1/s1. The number of halogens is 3. The summed E-state index contributed by atoms with van der Waals surface area (Å²) in [5.74, 6) is -2.30. The maximum atomic E-state index is 14.5. The molecule has 2 fully saturated rings. The molecule has 0 amide bonds. The zero-order valence-corrected chi connectivity index (χ0v) is 16.5. The van der Waals surface area contributed by atoms with E-state index in [2.05, 4.69) is 0 Å². The van der Waals surface area contributed by atoms with Crippen LogP contribution in [0.15, 0.2) is 36.1 Å². The minimum atomic E-state index is -0.774. The quantitative estimate of drug-likeness (QED) is 0.719. The van der Waals surface area contributed by atoms with Gasteiger partial charge in [-0.25, -0.2) is 8.78 Å². The SMILES string of the molecule is CCc1ccc(-c2c(F)cc(Cl)cc2F)cc1C1=C(O)[C@@H]2C3CCC(O3)[C@@H]2C1=O. The molecule has 0 radical (unpaired) electrons. The molecule has 3 aliphatic rings. The molecule has 2 aromatic rings. The Labute approximate surface area is 171 Å². The topological polar surface area (TPSA) is 46.5 Å². The number of carbonyl (C=O) groups is 1. The van der Waals surface area contributed by atoms with E-state index in [-0.39, 0.29) is 51.7 Å². The van der Waals surface area contributed by atoms with Gasteiger partial charge in [0.1, 0.15) is 17.4 Å². The van der Waals surface area contributed by atoms with Gasteiger partial charge in [-0.05, 0) is 54.2 Å². The fourth-order valence-electron chi connectivity index (χ4n) is 5.18. The lowest BCUT2D eigenvalue weighted by Crippen LogP contribution is -2.29. The summed E-state index contributed by atoms with van der Waals surface area (Å²) in [4.78, 5) is 13.2. The number of hydrogen-bond acceptors (Lipinski definition) is 3. The summed E-state index contributed by atoms with van der Waals surface area (Å²) in [6.07, 6.45) is 1.98. The summed E-state index contributed by atoms with van der Waals surface area (Å²) in [6.45, 7) is 1.94. The third-order valence-corrected chi connectivity index (χ3v) is 6.67. The molecule has 1 aliphatic carbocycles. The van der Waals surface area contributed by atoms with Gasteiger partial charge in [0.05, 0.1) is 35.2 Å². The van der Waals surface area contributed by atoms with E-state index in [0.29, 0.717) is 17.5 Å². The van der Waals surface area contributed by atoms with Crippen molar-refractivity contribution in [3.63, 3.8) is 0 Å². The minimum Gasteiger partial charge on any atom is -0.511 e. The van der Waals surface area contributed by atoms with Crippen LogP contribution >= 0.6 is 11.6 Å². The molecule has 0 aromatic heterocycles. The van der Waals surface area contributed by atoms with Crippen molar-refractivity contribution in [2.75, 3.05) is 0 Å². The molecule has 0 spiro atoms. The van der Waals surface area contributed by atoms with Gasteiger partial charge in [-0.1, -0.05) is 30.7 Å². The molecule has 2 aromatic carbocycles. The van der Waals surface area contributed by atoms with E-state index in [9.17, 15) is 18.7 Å². The molecule has 2 heterocycles. The van der Waals surface area contributed by atoms with E-state index in [1.54, 1.807) is 18.2 Å². The van der Waals surface area contributed by atoms with Crippen molar-refractivity contribution in [3.8, 4) is 11.1 Å². The van der Waals surface area contributed by atoms with Crippen LogP contribution in [0, 0.1) is 23.5 Å². The lowest BCUT2D eigenvalue weighted by atomic mass is 9.80. The number of aliphatic hydroxyl groups excluding tert-OH is 1. The Hall–Kier alpha value is -2.24. The van der Waals surface area contributed by atoms with Crippen LogP contribution < -0.4 is 0 Å². The fourth-order valence-corrected chi connectivity index (χ4v) is 5.37. The number of hydrogen-bond donors (Lipinski definition) is 1. The zero-order valence-electron chi connectivity index (χ0n) is 15.7. The molecule has 3 nitrogen and oxygen atoms in total. The van der Waals surface area contributed by atoms with Crippen LogP contribution in [0.25, 0.3) is 16.7 Å². The van der Waals surface area contributed by atoms with Crippen LogP contribution in [-0.2, 0) is 16.0 Å². The Morgan fingerprint density at radius 2 is 1.76 bits per heavy atom. The van der Waals surface area contributed by atoms with E-state index < -0.39 is 11.6 Å². The summed E-state index contributed by atoms with van der Waals surface area (Å²) in [5.41, 5.74) is 1.75. The maximum Gasteiger partial charge on any atom is 0.173 e. The molecule has 2 aliphatic heterocycles. The first kappa shape index (κ1) is 18.8. The molecule has 1 N–H and O–H groups in total. The first-order chi connectivity index (χ1) is 13.9. The molecule has 2 bridgehead atoms. The van der Waals surface area contributed by atoms with Crippen LogP contribution in [0.5, 0.6) is 0 Å². The summed E-state index contributed by atoms with van der Waals surface area (Å²) in [5, 5.41) is 10.9. The second-order valence-electron chi connectivity index (χ2n) is 7.94. The van der Waals surface area contributed by atoms with Crippen molar-refractivity contribution in [2.24, 2.45) is 11.8 Å². The highest BCUT2D eigenvalue weighted by molar-refractivity contribution is 6.30. The molecule has 5 rings (SSSR count). The number of ketones is 1. The average Bonchev–Trinajstić information content (AvgIpc) is 3.35. The van der Waals surface area contributed by atoms with Crippen molar-refractivity contribution in [1.29, 1.82) is 0 Å². The third-order valence-electron chi connectivity index (χ3n) is 6.45. The zero-order chi connectivity index (χ0) is 20.4.